The average Bonchev–Trinajstić information content (AvgIpc) is 3.48. The van der Waals surface area contributed by atoms with Crippen molar-refractivity contribution < 1.29 is 4.42 Å². The molecule has 0 saturated heterocycles. The van der Waals surface area contributed by atoms with E-state index in [9.17, 15) is 0 Å². The topological polar surface area (TPSA) is 37.9 Å². The van der Waals surface area contributed by atoms with Crippen molar-refractivity contribution in [1.29, 1.82) is 0 Å². The lowest BCUT2D eigenvalue weighted by Crippen LogP contribution is -2.06. The SMILES string of the molecule is C1=C(c2ccc3ccccc3c2)N=C(c2ccc(-c3ccc4ccccc4c3)c3oc4ccccc4c23)N=C(c2ccc3ccc4ccccc4c3c2)C1. The lowest BCUT2D eigenvalue weighted by molar-refractivity contribution is 0.670. The molecule has 0 aliphatic carbocycles. The molecule has 0 bridgehead atoms. The van der Waals surface area contributed by atoms with Crippen molar-refractivity contribution in [3.8, 4) is 11.1 Å². The lowest BCUT2D eigenvalue weighted by Gasteiger charge is -2.11. The van der Waals surface area contributed by atoms with Crippen molar-refractivity contribution in [2.75, 3.05) is 0 Å². The van der Waals surface area contributed by atoms with Crippen LogP contribution < -0.4 is 0 Å². The van der Waals surface area contributed by atoms with Gasteiger partial charge in [0.2, 0.25) is 0 Å². The predicted molar refractivity (Wildman–Crippen MR) is 228 cm³/mol. The summed E-state index contributed by atoms with van der Waals surface area (Å²) in [6, 6.07) is 62.6. The van der Waals surface area contributed by atoms with Gasteiger partial charge < -0.3 is 4.42 Å². The summed E-state index contributed by atoms with van der Waals surface area (Å²) in [5.74, 6) is 0.668. The number of hydrogen-bond donors (Lipinski definition) is 0. The van der Waals surface area contributed by atoms with E-state index in [1.54, 1.807) is 0 Å². The van der Waals surface area contributed by atoms with Crippen LogP contribution in [0.2, 0.25) is 0 Å². The summed E-state index contributed by atoms with van der Waals surface area (Å²) in [7, 11) is 0. The Hall–Kier alpha value is -7.10. The molecule has 0 saturated carbocycles. The molecule has 252 valence electrons. The zero-order valence-electron chi connectivity index (χ0n) is 29.3. The van der Waals surface area contributed by atoms with E-state index in [0.29, 0.717) is 12.3 Å². The van der Waals surface area contributed by atoms with Gasteiger partial charge in [-0.3, -0.25) is 0 Å². The number of amidine groups is 1. The molecule has 1 aliphatic heterocycles. The first-order chi connectivity index (χ1) is 26.7. The quantitative estimate of drug-likeness (QED) is 0.170. The number of nitrogens with zero attached hydrogens (tertiary/aromatic N) is 2. The van der Waals surface area contributed by atoms with Crippen molar-refractivity contribution >= 4 is 82.3 Å². The molecule has 3 nitrogen and oxygen atoms in total. The Morgan fingerprint density at radius 2 is 0.981 bits per heavy atom. The van der Waals surface area contributed by atoms with Gasteiger partial charge in [0.05, 0.1) is 11.4 Å². The number of hydrogen-bond acceptors (Lipinski definition) is 3. The summed E-state index contributed by atoms with van der Waals surface area (Å²) in [5, 5.41) is 11.8. The Morgan fingerprint density at radius 3 is 1.78 bits per heavy atom. The van der Waals surface area contributed by atoms with Crippen LogP contribution in [0.5, 0.6) is 0 Å². The van der Waals surface area contributed by atoms with E-state index in [1.165, 1.54) is 43.1 Å². The fourth-order valence-electron chi connectivity index (χ4n) is 8.17. The maximum absolute atomic E-state index is 6.75. The van der Waals surface area contributed by atoms with E-state index in [0.717, 1.165) is 61.2 Å². The normalized spacial score (nSPS) is 13.4. The Morgan fingerprint density at radius 1 is 0.407 bits per heavy atom. The van der Waals surface area contributed by atoms with E-state index in [1.807, 2.05) is 12.1 Å². The number of allylic oxidation sites excluding steroid dienone is 1. The minimum Gasteiger partial charge on any atom is -0.455 e. The molecule has 3 heteroatoms. The Balaban J connectivity index is 1.15. The molecule has 10 aromatic rings. The maximum atomic E-state index is 6.75. The van der Waals surface area contributed by atoms with Gasteiger partial charge in [-0.1, -0.05) is 146 Å². The zero-order chi connectivity index (χ0) is 35.6. The van der Waals surface area contributed by atoms with E-state index < -0.39 is 0 Å². The molecule has 2 heterocycles. The number of benzene rings is 9. The van der Waals surface area contributed by atoms with Crippen molar-refractivity contribution in [3.63, 3.8) is 0 Å². The fourth-order valence-corrected chi connectivity index (χ4v) is 8.17. The third-order valence-electron chi connectivity index (χ3n) is 10.9. The van der Waals surface area contributed by atoms with Crippen LogP contribution in [0.15, 0.2) is 196 Å². The Kier molecular flexibility index (Phi) is 6.93. The molecule has 0 radical (unpaired) electrons. The van der Waals surface area contributed by atoms with Gasteiger partial charge in [0.15, 0.2) is 5.84 Å². The van der Waals surface area contributed by atoms with Crippen molar-refractivity contribution in [1.82, 2.24) is 0 Å². The number of furan rings is 1. The largest absolute Gasteiger partial charge is 0.455 e. The van der Waals surface area contributed by atoms with Crippen LogP contribution in [0.25, 0.3) is 81.9 Å². The van der Waals surface area contributed by atoms with Gasteiger partial charge in [0, 0.05) is 33.9 Å². The van der Waals surface area contributed by atoms with Crippen LogP contribution in [-0.4, -0.2) is 11.5 Å². The van der Waals surface area contributed by atoms with Gasteiger partial charge in [-0.2, -0.15) is 0 Å². The summed E-state index contributed by atoms with van der Waals surface area (Å²) in [5.41, 5.74) is 8.79. The smallest absolute Gasteiger partial charge is 0.160 e. The summed E-state index contributed by atoms with van der Waals surface area (Å²) in [6.45, 7) is 0. The molecule has 0 unspecified atom stereocenters. The van der Waals surface area contributed by atoms with Crippen molar-refractivity contribution in [3.05, 3.63) is 199 Å². The summed E-state index contributed by atoms with van der Waals surface area (Å²) in [6.07, 6.45) is 2.87. The van der Waals surface area contributed by atoms with Crippen LogP contribution >= 0.6 is 0 Å². The Bertz CT molecular complexity index is 3250. The van der Waals surface area contributed by atoms with Crippen molar-refractivity contribution in [2.24, 2.45) is 9.98 Å². The van der Waals surface area contributed by atoms with E-state index in [-0.39, 0.29) is 0 Å². The molecule has 0 fully saturated rings. The van der Waals surface area contributed by atoms with Crippen LogP contribution in [0.3, 0.4) is 0 Å². The second-order valence-electron chi connectivity index (χ2n) is 14.1. The predicted octanol–water partition coefficient (Wildman–Crippen LogP) is 13.5. The standard InChI is InChI=1S/C51H32N2O/c1-3-12-36-29-38(22-17-32(36)9-1)42-25-26-44(49-43-15-7-8-16-48(43)54-50(42)49)51-52-46(39-23-18-33-10-2-4-13-37(33)30-39)27-28-47(53-51)40-24-21-35-20-19-34-11-5-6-14-41(34)45(35)31-40/h1-27,29-31H,28H2. The highest BCUT2D eigenvalue weighted by atomic mass is 16.3. The van der Waals surface area contributed by atoms with Gasteiger partial charge in [-0.05, 0) is 90.6 Å². The van der Waals surface area contributed by atoms with Crippen molar-refractivity contribution in [2.45, 2.75) is 6.42 Å². The molecule has 11 rings (SSSR count). The van der Waals surface area contributed by atoms with E-state index in [4.69, 9.17) is 14.4 Å². The maximum Gasteiger partial charge on any atom is 0.160 e. The van der Waals surface area contributed by atoms with Gasteiger partial charge in [0.1, 0.15) is 11.2 Å². The highest BCUT2D eigenvalue weighted by Gasteiger charge is 2.22. The summed E-state index contributed by atoms with van der Waals surface area (Å²) < 4.78 is 6.75. The fraction of sp³-hybridized carbons (Fsp3) is 0.0196. The molecule has 0 N–H and O–H groups in total. The molecule has 0 amide bonds. The van der Waals surface area contributed by atoms with E-state index >= 15 is 0 Å². The van der Waals surface area contributed by atoms with Gasteiger partial charge in [-0.25, -0.2) is 9.98 Å². The molecule has 9 aromatic carbocycles. The van der Waals surface area contributed by atoms with Crippen LogP contribution in [0.1, 0.15) is 23.1 Å². The Labute approximate surface area is 311 Å². The molecule has 1 aliphatic rings. The monoisotopic (exact) mass is 688 g/mol. The minimum absolute atomic E-state index is 0.635. The number of aliphatic imine (C=N–C) groups is 2. The molecule has 54 heavy (non-hydrogen) atoms. The van der Waals surface area contributed by atoms with E-state index in [2.05, 4.69) is 170 Å². The summed E-state index contributed by atoms with van der Waals surface area (Å²) >= 11 is 0. The molecule has 0 atom stereocenters. The zero-order valence-corrected chi connectivity index (χ0v) is 29.3. The van der Waals surface area contributed by atoms with Crippen LogP contribution in [-0.2, 0) is 0 Å². The van der Waals surface area contributed by atoms with Gasteiger partial charge in [-0.15, -0.1) is 0 Å². The first-order valence-corrected chi connectivity index (χ1v) is 18.4. The lowest BCUT2D eigenvalue weighted by atomic mass is 9.96. The molecular weight excluding hydrogens is 657 g/mol. The number of para-hydroxylation sites is 1. The van der Waals surface area contributed by atoms with Crippen LogP contribution in [0, 0.1) is 0 Å². The molecular formula is C51H32N2O. The highest BCUT2D eigenvalue weighted by Crippen LogP contribution is 2.40. The second-order valence-corrected chi connectivity index (χ2v) is 14.1. The second kappa shape index (κ2) is 12.3. The summed E-state index contributed by atoms with van der Waals surface area (Å²) in [4.78, 5) is 10.9. The molecule has 1 aromatic heterocycles. The number of rotatable bonds is 4. The first kappa shape index (κ1) is 30.5. The average molecular weight is 689 g/mol. The van der Waals surface area contributed by atoms with Gasteiger partial charge >= 0.3 is 0 Å². The molecule has 0 spiro atoms. The third kappa shape index (κ3) is 5.05. The first-order valence-electron chi connectivity index (χ1n) is 18.4. The minimum atomic E-state index is 0.635. The van der Waals surface area contributed by atoms with Gasteiger partial charge in [0.25, 0.3) is 0 Å². The third-order valence-corrected chi connectivity index (χ3v) is 10.9. The van der Waals surface area contributed by atoms with Crippen LogP contribution in [0.4, 0.5) is 0 Å². The highest BCUT2D eigenvalue weighted by molar-refractivity contribution is 6.25. The number of fused-ring (bicyclic) bond motifs is 8.